The van der Waals surface area contributed by atoms with E-state index in [2.05, 4.69) is 15.6 Å². The quantitative estimate of drug-likeness (QED) is 0.431. The molecule has 9 heteroatoms. The number of esters is 1. The highest BCUT2D eigenvalue weighted by Crippen LogP contribution is 2.38. The second kappa shape index (κ2) is 9.83. The number of halogens is 1. The van der Waals surface area contributed by atoms with Gasteiger partial charge < -0.3 is 15.4 Å². The standard InChI is InChI=1S/C18H23N3O3S2.HI/c1-4-24-17(23)15-12-7-5-6-8-13(12)26-16(15)21-14(22)9-19-18-20-10(2)11(3)25-18;/h4-9H2,1-3H3,(H,19,20)(H,21,22);1H. The zero-order chi connectivity index (χ0) is 18.7. The lowest BCUT2D eigenvalue weighted by Crippen LogP contribution is -2.22. The van der Waals surface area contributed by atoms with Crippen molar-refractivity contribution in [2.45, 2.75) is 46.5 Å². The van der Waals surface area contributed by atoms with E-state index >= 15 is 0 Å². The molecule has 148 valence electrons. The smallest absolute Gasteiger partial charge is 0.341 e. The van der Waals surface area contributed by atoms with Gasteiger partial charge in [-0.15, -0.1) is 46.7 Å². The largest absolute Gasteiger partial charge is 0.462 e. The van der Waals surface area contributed by atoms with Crippen molar-refractivity contribution in [1.82, 2.24) is 4.98 Å². The van der Waals surface area contributed by atoms with E-state index in [1.807, 2.05) is 13.8 Å². The van der Waals surface area contributed by atoms with Gasteiger partial charge in [-0.1, -0.05) is 0 Å². The van der Waals surface area contributed by atoms with Gasteiger partial charge in [-0.25, -0.2) is 9.78 Å². The number of carbonyl (C=O) groups excluding carboxylic acids is 2. The summed E-state index contributed by atoms with van der Waals surface area (Å²) in [5, 5.41) is 7.27. The van der Waals surface area contributed by atoms with Crippen LogP contribution >= 0.6 is 46.7 Å². The van der Waals surface area contributed by atoms with Crippen LogP contribution in [0.25, 0.3) is 0 Å². The number of hydrogen-bond donors (Lipinski definition) is 2. The second-order valence-corrected chi connectivity index (χ2v) is 8.51. The fourth-order valence-electron chi connectivity index (χ4n) is 2.95. The van der Waals surface area contributed by atoms with E-state index in [4.69, 9.17) is 4.74 Å². The number of nitrogens with one attached hydrogen (secondary N) is 2. The molecule has 2 aromatic heterocycles. The van der Waals surface area contributed by atoms with E-state index in [1.165, 1.54) is 27.6 Å². The van der Waals surface area contributed by atoms with Gasteiger partial charge in [0, 0.05) is 9.75 Å². The topological polar surface area (TPSA) is 80.3 Å². The lowest BCUT2D eigenvalue weighted by molar-refractivity contribution is -0.114. The van der Waals surface area contributed by atoms with Crippen molar-refractivity contribution in [3.63, 3.8) is 0 Å². The number of thiophene rings is 1. The number of aryl methyl sites for hydroxylation is 3. The van der Waals surface area contributed by atoms with Crippen molar-refractivity contribution in [2.24, 2.45) is 0 Å². The second-order valence-electron chi connectivity index (χ2n) is 6.20. The van der Waals surface area contributed by atoms with Gasteiger partial charge in [0.2, 0.25) is 5.91 Å². The third-order valence-corrected chi connectivity index (χ3v) is 6.57. The van der Waals surface area contributed by atoms with Gasteiger partial charge in [0.25, 0.3) is 0 Å². The summed E-state index contributed by atoms with van der Waals surface area (Å²) in [5.41, 5.74) is 2.56. The number of ether oxygens (including phenoxy) is 1. The molecule has 2 aromatic rings. The summed E-state index contributed by atoms with van der Waals surface area (Å²) in [6, 6.07) is 0. The van der Waals surface area contributed by atoms with Crippen molar-refractivity contribution < 1.29 is 14.3 Å². The number of carbonyl (C=O) groups is 2. The molecule has 0 saturated heterocycles. The van der Waals surface area contributed by atoms with Crippen molar-refractivity contribution in [2.75, 3.05) is 23.8 Å². The van der Waals surface area contributed by atoms with Crippen LogP contribution in [0.1, 0.15) is 51.1 Å². The number of aromatic nitrogens is 1. The molecule has 1 aliphatic carbocycles. The summed E-state index contributed by atoms with van der Waals surface area (Å²) < 4.78 is 5.21. The Kier molecular flexibility index (Phi) is 8.04. The van der Waals surface area contributed by atoms with Crippen LogP contribution in [0.4, 0.5) is 10.1 Å². The zero-order valence-electron chi connectivity index (χ0n) is 15.6. The van der Waals surface area contributed by atoms with Gasteiger partial charge in [0.1, 0.15) is 5.00 Å². The number of anilines is 2. The highest BCUT2D eigenvalue weighted by Gasteiger charge is 2.27. The SMILES string of the molecule is CCOC(=O)c1c(NC(=O)CNc2nc(C)c(C)s2)sc2c1CCCC2.I. The Morgan fingerprint density at radius 3 is 2.59 bits per heavy atom. The van der Waals surface area contributed by atoms with Crippen molar-refractivity contribution >= 4 is 68.7 Å². The minimum atomic E-state index is -0.346. The molecule has 0 bridgehead atoms. The van der Waals surface area contributed by atoms with Gasteiger partial charge in [-0.2, -0.15) is 0 Å². The molecule has 0 saturated carbocycles. The summed E-state index contributed by atoms with van der Waals surface area (Å²) in [6.45, 7) is 6.16. The first-order chi connectivity index (χ1) is 12.5. The molecule has 1 amide bonds. The Morgan fingerprint density at radius 1 is 1.19 bits per heavy atom. The van der Waals surface area contributed by atoms with Gasteiger partial charge in [-0.3, -0.25) is 4.79 Å². The predicted octanol–water partition coefficient (Wildman–Crippen LogP) is 4.55. The van der Waals surface area contributed by atoms with Gasteiger partial charge in [0.05, 0.1) is 24.4 Å². The molecule has 2 heterocycles. The van der Waals surface area contributed by atoms with Crippen molar-refractivity contribution in [3.05, 3.63) is 26.6 Å². The molecule has 3 rings (SSSR count). The maximum Gasteiger partial charge on any atom is 0.341 e. The summed E-state index contributed by atoms with van der Waals surface area (Å²) in [7, 11) is 0. The molecule has 0 spiro atoms. The molecular formula is C18H24IN3O3S2. The van der Waals surface area contributed by atoms with E-state index in [9.17, 15) is 9.59 Å². The highest BCUT2D eigenvalue weighted by atomic mass is 127. The Labute approximate surface area is 184 Å². The van der Waals surface area contributed by atoms with Crippen molar-refractivity contribution in [1.29, 1.82) is 0 Å². The number of nitrogens with zero attached hydrogens (tertiary/aromatic N) is 1. The minimum Gasteiger partial charge on any atom is -0.462 e. The molecule has 6 nitrogen and oxygen atoms in total. The molecule has 0 radical (unpaired) electrons. The summed E-state index contributed by atoms with van der Waals surface area (Å²) in [4.78, 5) is 31.5. The summed E-state index contributed by atoms with van der Waals surface area (Å²) >= 11 is 3.02. The number of amides is 1. The molecule has 0 unspecified atom stereocenters. The first-order valence-electron chi connectivity index (χ1n) is 8.79. The average Bonchev–Trinajstić information content (AvgIpc) is 3.12. The van der Waals surface area contributed by atoms with E-state index < -0.39 is 0 Å². The maximum atomic E-state index is 12.4. The molecule has 2 N–H and O–H groups in total. The fourth-order valence-corrected chi connectivity index (χ4v) is 5.05. The zero-order valence-corrected chi connectivity index (χ0v) is 19.6. The molecule has 0 atom stereocenters. The van der Waals surface area contributed by atoms with E-state index in [-0.39, 0.29) is 42.4 Å². The van der Waals surface area contributed by atoms with Crippen LogP contribution in [0.2, 0.25) is 0 Å². The summed E-state index contributed by atoms with van der Waals surface area (Å²) in [6.07, 6.45) is 4.01. The lowest BCUT2D eigenvalue weighted by Gasteiger charge is -2.12. The van der Waals surface area contributed by atoms with E-state index in [0.29, 0.717) is 17.2 Å². The van der Waals surface area contributed by atoms with E-state index in [0.717, 1.165) is 46.9 Å². The Hall–Kier alpha value is -1.20. The van der Waals surface area contributed by atoms with Gasteiger partial charge >= 0.3 is 5.97 Å². The average molecular weight is 521 g/mol. The Balaban J connectivity index is 0.00000261. The fraction of sp³-hybridized carbons (Fsp3) is 0.500. The molecular weight excluding hydrogens is 497 g/mol. The van der Waals surface area contributed by atoms with Crippen LogP contribution in [-0.2, 0) is 22.4 Å². The number of rotatable bonds is 6. The third-order valence-electron chi connectivity index (χ3n) is 4.33. The molecule has 27 heavy (non-hydrogen) atoms. The van der Waals surface area contributed by atoms with E-state index in [1.54, 1.807) is 6.92 Å². The first-order valence-corrected chi connectivity index (χ1v) is 10.4. The Morgan fingerprint density at radius 2 is 1.93 bits per heavy atom. The molecule has 0 aromatic carbocycles. The molecule has 0 fully saturated rings. The normalized spacial score (nSPS) is 12.7. The predicted molar refractivity (Wildman–Crippen MR) is 121 cm³/mol. The van der Waals surface area contributed by atoms with Crippen molar-refractivity contribution in [3.8, 4) is 0 Å². The molecule has 0 aliphatic heterocycles. The maximum absolute atomic E-state index is 12.4. The highest BCUT2D eigenvalue weighted by molar-refractivity contribution is 14.0. The van der Waals surface area contributed by atoms with Crippen LogP contribution in [-0.4, -0.2) is 30.0 Å². The van der Waals surface area contributed by atoms with Crippen LogP contribution < -0.4 is 10.6 Å². The minimum absolute atomic E-state index is 0. The van der Waals surface area contributed by atoms with Crippen LogP contribution in [0.5, 0.6) is 0 Å². The third kappa shape index (κ3) is 5.20. The molecule has 1 aliphatic rings. The van der Waals surface area contributed by atoms with Crippen LogP contribution in [0, 0.1) is 13.8 Å². The van der Waals surface area contributed by atoms with Gasteiger partial charge in [-0.05, 0) is 52.0 Å². The van der Waals surface area contributed by atoms with Crippen LogP contribution in [0.15, 0.2) is 0 Å². The number of thiazole rings is 1. The monoisotopic (exact) mass is 521 g/mol. The Bertz CT molecular complexity index is 813. The lowest BCUT2D eigenvalue weighted by atomic mass is 9.95. The van der Waals surface area contributed by atoms with Crippen LogP contribution in [0.3, 0.4) is 0 Å². The summed E-state index contributed by atoms with van der Waals surface area (Å²) in [5.74, 6) is -0.541. The number of hydrogen-bond acceptors (Lipinski definition) is 7. The number of fused-ring (bicyclic) bond motifs is 1. The van der Waals surface area contributed by atoms with Gasteiger partial charge in [0.15, 0.2) is 5.13 Å². The first kappa shape index (κ1) is 22.1.